The van der Waals surface area contributed by atoms with Crippen molar-refractivity contribution in [1.82, 2.24) is 9.80 Å². The van der Waals surface area contributed by atoms with Crippen LogP contribution >= 0.6 is 0 Å². The Hall–Kier alpha value is -0.0800. The molecule has 48 heavy (non-hydrogen) atoms. The smallest absolute Gasteiger partial charge is 0.0127 e. The quantitative estimate of drug-likeness (QED) is 0.242. The van der Waals surface area contributed by atoms with Crippen molar-refractivity contribution in [3.8, 4) is 0 Å². The molecule has 0 amide bonds. The van der Waals surface area contributed by atoms with E-state index >= 15 is 0 Å². The molecule has 278 valence electrons. The largest absolute Gasteiger partial charge is 0.294 e. The molecule has 0 N–H and O–H groups in total. The number of hydrogen-bond acceptors (Lipinski definition) is 2. The molecule has 0 aromatic heterocycles. The third-order valence-electron chi connectivity index (χ3n) is 17.4. The van der Waals surface area contributed by atoms with E-state index in [-0.39, 0.29) is 0 Å². The first-order valence-corrected chi connectivity index (χ1v) is 22.7. The number of rotatable bonds is 9. The molecule has 6 saturated carbocycles. The topological polar surface area (TPSA) is 6.48 Å². The average molecular weight is 665 g/mol. The van der Waals surface area contributed by atoms with E-state index in [1.807, 2.05) is 0 Å². The van der Waals surface area contributed by atoms with Gasteiger partial charge in [-0.3, -0.25) is 9.80 Å². The van der Waals surface area contributed by atoms with Crippen LogP contribution in [0, 0.1) is 59.2 Å². The van der Waals surface area contributed by atoms with Gasteiger partial charge in [-0.25, -0.2) is 0 Å². The van der Waals surface area contributed by atoms with Gasteiger partial charge in [0.1, 0.15) is 0 Å². The zero-order valence-corrected chi connectivity index (χ0v) is 33.7. The van der Waals surface area contributed by atoms with Crippen LogP contribution < -0.4 is 0 Å². The lowest BCUT2D eigenvalue weighted by Gasteiger charge is -2.54. The Labute approximate surface area is 301 Å². The minimum atomic E-state index is 0.855. The number of hydrogen-bond donors (Lipinski definition) is 0. The molecule has 0 heterocycles. The van der Waals surface area contributed by atoms with Crippen molar-refractivity contribution in [2.75, 3.05) is 0 Å². The zero-order valence-electron chi connectivity index (χ0n) is 33.7. The summed E-state index contributed by atoms with van der Waals surface area (Å²) in [6, 6.07) is 5.19. The Morgan fingerprint density at radius 2 is 0.688 bits per heavy atom. The highest BCUT2D eigenvalue weighted by Gasteiger charge is 2.46. The Kier molecular flexibility index (Phi) is 13.5. The lowest BCUT2D eigenvalue weighted by atomic mass is 9.65. The molecule has 6 aliphatic carbocycles. The second-order valence-electron chi connectivity index (χ2n) is 20.1. The maximum atomic E-state index is 3.26. The van der Waals surface area contributed by atoms with Crippen molar-refractivity contribution in [2.45, 2.75) is 233 Å². The lowest BCUT2D eigenvalue weighted by molar-refractivity contribution is -0.0464. The third kappa shape index (κ3) is 8.58. The SMILES string of the molecule is CCC1CCC(N(C2CCC(C)C(C)C2)C2CCC(C3CCC(N(C4CCC(CC)CC4)C4CCC(C)C(C)C4)C(C)C3)CC2C)CC1. The van der Waals surface area contributed by atoms with Gasteiger partial charge in [0.05, 0.1) is 0 Å². The van der Waals surface area contributed by atoms with Crippen LogP contribution in [0.1, 0.15) is 197 Å². The fourth-order valence-corrected chi connectivity index (χ4v) is 13.5. The molecule has 12 atom stereocenters. The Morgan fingerprint density at radius 1 is 0.333 bits per heavy atom. The van der Waals surface area contributed by atoms with Crippen molar-refractivity contribution in [2.24, 2.45) is 59.2 Å². The summed E-state index contributed by atoms with van der Waals surface area (Å²) >= 11 is 0. The van der Waals surface area contributed by atoms with Crippen LogP contribution in [0.25, 0.3) is 0 Å². The second-order valence-corrected chi connectivity index (χ2v) is 20.1. The van der Waals surface area contributed by atoms with E-state index in [1.54, 1.807) is 0 Å². The van der Waals surface area contributed by atoms with Gasteiger partial charge < -0.3 is 0 Å². The van der Waals surface area contributed by atoms with E-state index in [0.29, 0.717) is 0 Å². The van der Waals surface area contributed by atoms with E-state index in [1.165, 1.54) is 141 Å². The molecule has 2 nitrogen and oxygen atoms in total. The minimum Gasteiger partial charge on any atom is -0.294 e. The Balaban J connectivity index is 1.10. The van der Waals surface area contributed by atoms with Crippen molar-refractivity contribution in [3.63, 3.8) is 0 Å². The fourth-order valence-electron chi connectivity index (χ4n) is 13.5. The van der Waals surface area contributed by atoms with Gasteiger partial charge in [0, 0.05) is 36.3 Å². The highest BCUT2D eigenvalue weighted by atomic mass is 15.2. The average Bonchev–Trinajstić information content (AvgIpc) is 3.10. The predicted molar refractivity (Wildman–Crippen MR) is 208 cm³/mol. The molecule has 12 unspecified atom stereocenters. The summed E-state index contributed by atoms with van der Waals surface area (Å²) in [5.74, 6) is 9.42. The van der Waals surface area contributed by atoms with Crippen LogP contribution in [0.15, 0.2) is 0 Å². The molecule has 0 aromatic carbocycles. The van der Waals surface area contributed by atoms with Crippen LogP contribution in [-0.2, 0) is 0 Å². The molecule has 0 bridgehead atoms. The van der Waals surface area contributed by atoms with Gasteiger partial charge in [-0.05, 0) is 188 Å². The van der Waals surface area contributed by atoms with Gasteiger partial charge in [0.25, 0.3) is 0 Å². The summed E-state index contributed by atoms with van der Waals surface area (Å²) in [5.41, 5.74) is 0. The molecule has 2 heteroatoms. The Bertz CT molecular complexity index is 870. The highest BCUT2D eigenvalue weighted by molar-refractivity contribution is 4.99. The lowest BCUT2D eigenvalue weighted by Crippen LogP contribution is -2.57. The van der Waals surface area contributed by atoms with E-state index in [9.17, 15) is 0 Å². The fraction of sp³-hybridized carbons (Fsp3) is 1.00. The minimum absolute atomic E-state index is 0.855. The number of nitrogens with zero attached hydrogens (tertiary/aromatic N) is 2. The maximum absolute atomic E-state index is 3.26. The summed E-state index contributed by atoms with van der Waals surface area (Å²) in [5, 5.41) is 0. The van der Waals surface area contributed by atoms with Crippen LogP contribution in [-0.4, -0.2) is 46.1 Å². The van der Waals surface area contributed by atoms with Gasteiger partial charge in [0.2, 0.25) is 0 Å². The summed E-state index contributed by atoms with van der Waals surface area (Å²) in [6.45, 7) is 20.5. The Morgan fingerprint density at radius 3 is 1.00 bits per heavy atom. The molecular formula is C46H84N2. The van der Waals surface area contributed by atoms with Crippen molar-refractivity contribution in [3.05, 3.63) is 0 Å². The molecule has 6 aliphatic rings. The van der Waals surface area contributed by atoms with E-state index in [4.69, 9.17) is 0 Å². The van der Waals surface area contributed by atoms with Crippen LogP contribution in [0.4, 0.5) is 0 Å². The maximum Gasteiger partial charge on any atom is 0.0127 e. The molecule has 0 saturated heterocycles. The van der Waals surface area contributed by atoms with Crippen molar-refractivity contribution in [1.29, 1.82) is 0 Å². The van der Waals surface area contributed by atoms with Crippen molar-refractivity contribution < 1.29 is 0 Å². The van der Waals surface area contributed by atoms with Gasteiger partial charge in [-0.1, -0.05) is 68.2 Å². The predicted octanol–water partition coefficient (Wildman–Crippen LogP) is 12.8. The van der Waals surface area contributed by atoms with E-state index in [2.05, 4.69) is 65.2 Å². The van der Waals surface area contributed by atoms with Gasteiger partial charge >= 0.3 is 0 Å². The normalized spacial score (nSPS) is 48.1. The van der Waals surface area contributed by atoms with Gasteiger partial charge in [0.15, 0.2) is 0 Å². The van der Waals surface area contributed by atoms with Gasteiger partial charge in [-0.15, -0.1) is 0 Å². The molecule has 6 fully saturated rings. The second kappa shape index (κ2) is 17.2. The first-order chi connectivity index (χ1) is 23.2. The molecule has 0 aromatic rings. The van der Waals surface area contributed by atoms with Crippen LogP contribution in [0.3, 0.4) is 0 Å². The molecule has 0 spiro atoms. The summed E-state index contributed by atoms with van der Waals surface area (Å²) in [6.07, 6.45) is 32.7. The first-order valence-electron chi connectivity index (χ1n) is 22.7. The molecule has 0 aliphatic heterocycles. The first kappa shape index (κ1) is 37.7. The molecule has 0 radical (unpaired) electrons. The third-order valence-corrected chi connectivity index (χ3v) is 17.4. The molecular weight excluding hydrogens is 581 g/mol. The van der Waals surface area contributed by atoms with Crippen LogP contribution in [0.2, 0.25) is 0 Å². The standard InChI is InChI=1S/C46H84N2/c1-9-37-13-21-41(22-14-37)47(43-19-11-31(3)33(5)29-43)45-25-17-39(27-35(45)7)40-18-26-46(36(8)28-40)48(42-23-15-38(10-2)16-24-42)44-20-12-32(4)34(6)30-44/h31-46H,9-30H2,1-8H3. The summed E-state index contributed by atoms with van der Waals surface area (Å²) < 4.78 is 0. The molecule has 6 rings (SSSR count). The highest BCUT2D eigenvalue weighted by Crippen LogP contribution is 2.49. The van der Waals surface area contributed by atoms with E-state index in [0.717, 1.165) is 95.4 Å². The van der Waals surface area contributed by atoms with Crippen molar-refractivity contribution >= 4 is 0 Å². The monoisotopic (exact) mass is 665 g/mol. The zero-order chi connectivity index (χ0) is 33.9. The summed E-state index contributed by atoms with van der Waals surface area (Å²) in [7, 11) is 0. The van der Waals surface area contributed by atoms with Gasteiger partial charge in [-0.2, -0.15) is 0 Å². The van der Waals surface area contributed by atoms with E-state index < -0.39 is 0 Å². The van der Waals surface area contributed by atoms with Crippen LogP contribution in [0.5, 0.6) is 0 Å². The summed E-state index contributed by atoms with van der Waals surface area (Å²) in [4.78, 5) is 6.51.